The zero-order valence-corrected chi connectivity index (χ0v) is 15.4. The number of rotatable bonds is 4. The van der Waals surface area contributed by atoms with E-state index in [0.29, 0.717) is 17.2 Å². The van der Waals surface area contributed by atoms with Crippen LogP contribution in [0.15, 0.2) is 29.6 Å². The Labute approximate surface area is 156 Å². The number of halogens is 3. The zero-order valence-electron chi connectivity index (χ0n) is 13.0. The van der Waals surface area contributed by atoms with E-state index < -0.39 is 0 Å². The summed E-state index contributed by atoms with van der Waals surface area (Å²) in [6, 6.07) is 6.10. The van der Waals surface area contributed by atoms with Gasteiger partial charge in [0.15, 0.2) is 0 Å². The lowest BCUT2D eigenvalue weighted by Gasteiger charge is -2.28. The van der Waals surface area contributed by atoms with Crippen LogP contribution in [0.4, 0.5) is 4.39 Å². The van der Waals surface area contributed by atoms with Gasteiger partial charge in [0.25, 0.3) is 5.91 Å². The third-order valence-corrected chi connectivity index (χ3v) is 5.05. The Bertz CT molecular complexity index is 672. The van der Waals surface area contributed by atoms with Crippen LogP contribution in [0.25, 0.3) is 10.6 Å². The summed E-state index contributed by atoms with van der Waals surface area (Å²) in [6.45, 7) is 0.452. The molecule has 24 heavy (non-hydrogen) atoms. The Morgan fingerprint density at radius 3 is 2.46 bits per heavy atom. The van der Waals surface area contributed by atoms with E-state index in [1.807, 2.05) is 0 Å². The molecular formula is C16H20Cl2FN3OS. The van der Waals surface area contributed by atoms with Crippen LogP contribution in [-0.2, 0) is 0 Å². The molecule has 0 spiro atoms. The number of hydrogen-bond donors (Lipinski definition) is 2. The summed E-state index contributed by atoms with van der Waals surface area (Å²) in [4.78, 5) is 16.7. The van der Waals surface area contributed by atoms with E-state index in [9.17, 15) is 9.18 Å². The first kappa shape index (κ1) is 20.8. The third-order valence-electron chi connectivity index (χ3n) is 4.16. The molecule has 4 nitrogen and oxygen atoms in total. The Morgan fingerprint density at radius 1 is 1.25 bits per heavy atom. The highest BCUT2D eigenvalue weighted by atomic mass is 35.5. The molecule has 8 heteroatoms. The van der Waals surface area contributed by atoms with Crippen LogP contribution in [0.2, 0.25) is 0 Å². The average molecular weight is 392 g/mol. The summed E-state index contributed by atoms with van der Waals surface area (Å²) in [5.74, 6) is -0.471. The minimum absolute atomic E-state index is 0. The van der Waals surface area contributed by atoms with Crippen molar-refractivity contribution in [2.24, 2.45) is 5.73 Å². The van der Waals surface area contributed by atoms with Crippen molar-refractivity contribution in [3.8, 4) is 10.6 Å². The van der Waals surface area contributed by atoms with Crippen LogP contribution in [0, 0.1) is 5.82 Å². The van der Waals surface area contributed by atoms with E-state index in [1.54, 1.807) is 17.5 Å². The summed E-state index contributed by atoms with van der Waals surface area (Å²) in [5, 5.41) is 5.49. The van der Waals surface area contributed by atoms with Crippen LogP contribution < -0.4 is 11.1 Å². The minimum atomic E-state index is -0.288. The van der Waals surface area contributed by atoms with Crippen LogP contribution in [0.3, 0.4) is 0 Å². The Hall–Kier alpha value is -1.21. The second kappa shape index (κ2) is 8.76. The fraction of sp³-hybridized carbons (Fsp3) is 0.375. The second-order valence-electron chi connectivity index (χ2n) is 5.69. The number of carbonyl (C=O) groups is 1. The summed E-state index contributed by atoms with van der Waals surface area (Å²) < 4.78 is 13.0. The fourth-order valence-electron chi connectivity index (χ4n) is 2.84. The fourth-order valence-corrected chi connectivity index (χ4v) is 3.65. The van der Waals surface area contributed by atoms with Gasteiger partial charge in [0.2, 0.25) is 0 Å². The van der Waals surface area contributed by atoms with Crippen LogP contribution in [0.1, 0.15) is 36.2 Å². The van der Waals surface area contributed by atoms with Gasteiger partial charge in [0.1, 0.15) is 16.5 Å². The molecule has 0 saturated heterocycles. The van der Waals surface area contributed by atoms with Crippen molar-refractivity contribution in [2.75, 3.05) is 6.54 Å². The quantitative estimate of drug-likeness (QED) is 0.832. The number of nitrogens with zero attached hydrogens (tertiary/aromatic N) is 1. The molecule has 0 aliphatic heterocycles. The van der Waals surface area contributed by atoms with Gasteiger partial charge in [0, 0.05) is 17.5 Å². The molecular weight excluding hydrogens is 372 g/mol. The highest BCUT2D eigenvalue weighted by molar-refractivity contribution is 7.13. The van der Waals surface area contributed by atoms with Crippen LogP contribution in [0.5, 0.6) is 0 Å². The minimum Gasteiger partial charge on any atom is -0.344 e. The van der Waals surface area contributed by atoms with Crippen molar-refractivity contribution < 1.29 is 9.18 Å². The lowest BCUT2D eigenvalue weighted by atomic mass is 9.98. The van der Waals surface area contributed by atoms with Gasteiger partial charge in [-0.1, -0.05) is 12.8 Å². The Kier molecular flexibility index (Phi) is 7.60. The second-order valence-corrected chi connectivity index (χ2v) is 6.55. The standard InChI is InChI=1S/C16H18FN3OS.2ClH/c17-12-5-3-11(4-6-12)15-19-13(9-22-15)14(21)20-16(10-18)7-1-2-8-16;;/h3-6,9H,1-2,7-8,10,18H2,(H,20,21);2*1H. The van der Waals surface area contributed by atoms with Crippen molar-refractivity contribution in [2.45, 2.75) is 31.2 Å². The normalized spacial score (nSPS) is 15.2. The molecule has 0 unspecified atom stereocenters. The van der Waals surface area contributed by atoms with Gasteiger partial charge in [-0.25, -0.2) is 9.37 Å². The largest absolute Gasteiger partial charge is 0.344 e. The first-order valence-electron chi connectivity index (χ1n) is 7.36. The number of carbonyl (C=O) groups excluding carboxylic acids is 1. The first-order chi connectivity index (χ1) is 10.6. The monoisotopic (exact) mass is 391 g/mol. The summed E-state index contributed by atoms with van der Waals surface area (Å²) in [7, 11) is 0. The topological polar surface area (TPSA) is 68.0 Å². The molecule has 1 saturated carbocycles. The van der Waals surface area contributed by atoms with E-state index >= 15 is 0 Å². The van der Waals surface area contributed by atoms with E-state index in [4.69, 9.17) is 5.73 Å². The van der Waals surface area contributed by atoms with Crippen LogP contribution in [-0.4, -0.2) is 23.0 Å². The molecule has 1 aliphatic rings. The van der Waals surface area contributed by atoms with E-state index in [0.717, 1.165) is 31.2 Å². The third kappa shape index (κ3) is 4.45. The van der Waals surface area contributed by atoms with Crippen molar-refractivity contribution in [3.05, 3.63) is 41.2 Å². The van der Waals surface area contributed by atoms with Gasteiger partial charge in [-0.15, -0.1) is 36.2 Å². The van der Waals surface area contributed by atoms with E-state index in [-0.39, 0.29) is 42.1 Å². The van der Waals surface area contributed by atoms with Crippen LogP contribution >= 0.6 is 36.2 Å². The summed E-state index contributed by atoms with van der Waals surface area (Å²) in [6.07, 6.45) is 4.03. The molecule has 0 atom stereocenters. The number of hydrogen-bond acceptors (Lipinski definition) is 4. The summed E-state index contributed by atoms with van der Waals surface area (Å²) in [5.41, 5.74) is 6.75. The average Bonchev–Trinajstić information content (AvgIpc) is 3.18. The number of aromatic nitrogens is 1. The molecule has 1 aromatic heterocycles. The van der Waals surface area contributed by atoms with Gasteiger partial charge in [-0.2, -0.15) is 0 Å². The molecule has 1 fully saturated rings. The molecule has 1 aliphatic carbocycles. The number of nitrogens with one attached hydrogen (secondary N) is 1. The number of benzene rings is 1. The van der Waals surface area contributed by atoms with Gasteiger partial charge in [-0.05, 0) is 37.1 Å². The smallest absolute Gasteiger partial charge is 0.271 e. The van der Waals surface area contributed by atoms with Crippen molar-refractivity contribution in [3.63, 3.8) is 0 Å². The number of amides is 1. The maximum absolute atomic E-state index is 13.0. The van der Waals surface area contributed by atoms with Gasteiger partial charge in [0.05, 0.1) is 5.54 Å². The highest BCUT2D eigenvalue weighted by Gasteiger charge is 2.34. The molecule has 1 aromatic carbocycles. The molecule has 1 amide bonds. The lowest BCUT2D eigenvalue weighted by molar-refractivity contribution is 0.0898. The SMILES string of the molecule is Cl.Cl.NCC1(NC(=O)c2csc(-c3ccc(F)cc3)n2)CCCC1. The number of thiazole rings is 1. The molecule has 132 valence electrons. The first-order valence-corrected chi connectivity index (χ1v) is 8.24. The van der Waals surface area contributed by atoms with Gasteiger partial charge in [-0.3, -0.25) is 4.79 Å². The van der Waals surface area contributed by atoms with Crippen molar-refractivity contribution in [1.82, 2.24) is 10.3 Å². The molecule has 3 rings (SSSR count). The maximum atomic E-state index is 13.0. The van der Waals surface area contributed by atoms with E-state index in [2.05, 4.69) is 10.3 Å². The van der Waals surface area contributed by atoms with Gasteiger partial charge >= 0.3 is 0 Å². The molecule has 1 heterocycles. The zero-order chi connectivity index (χ0) is 15.6. The Morgan fingerprint density at radius 2 is 1.88 bits per heavy atom. The predicted octanol–water partition coefficient (Wildman–Crippen LogP) is 3.79. The highest BCUT2D eigenvalue weighted by Crippen LogP contribution is 2.29. The van der Waals surface area contributed by atoms with Crippen molar-refractivity contribution >= 4 is 42.1 Å². The molecule has 2 aromatic rings. The van der Waals surface area contributed by atoms with E-state index in [1.165, 1.54) is 23.5 Å². The molecule has 3 N–H and O–H groups in total. The lowest BCUT2D eigenvalue weighted by Crippen LogP contribution is -2.51. The molecule has 0 radical (unpaired) electrons. The van der Waals surface area contributed by atoms with Gasteiger partial charge < -0.3 is 11.1 Å². The van der Waals surface area contributed by atoms with Crippen molar-refractivity contribution in [1.29, 1.82) is 0 Å². The molecule has 0 bridgehead atoms. The maximum Gasteiger partial charge on any atom is 0.271 e. The Balaban J connectivity index is 0.00000144. The summed E-state index contributed by atoms with van der Waals surface area (Å²) >= 11 is 1.38. The predicted molar refractivity (Wildman–Crippen MR) is 99.7 cm³/mol. The number of nitrogens with two attached hydrogens (primary N) is 1.